The second-order valence-corrected chi connectivity index (χ2v) is 6.88. The smallest absolute Gasteiger partial charge is 0.273 e. The van der Waals surface area contributed by atoms with Crippen molar-refractivity contribution in [1.82, 2.24) is 14.9 Å². The maximum atomic E-state index is 12.9. The van der Waals surface area contributed by atoms with Crippen LogP contribution in [0, 0.1) is 0 Å². The number of methoxy groups -OCH3 is 1. The quantitative estimate of drug-likeness (QED) is 0.821. The number of nitrogens with zero attached hydrogens (tertiary/aromatic N) is 4. The Morgan fingerprint density at radius 3 is 2.82 bits per heavy atom. The molecule has 0 aliphatic carbocycles. The van der Waals surface area contributed by atoms with Gasteiger partial charge in [0.2, 0.25) is 5.95 Å². The molecule has 1 amide bonds. The van der Waals surface area contributed by atoms with Crippen LogP contribution in [-0.4, -0.2) is 60.7 Å². The van der Waals surface area contributed by atoms with E-state index >= 15 is 0 Å². The highest BCUT2D eigenvalue weighted by Gasteiger charge is 2.33. The van der Waals surface area contributed by atoms with Gasteiger partial charge in [0.15, 0.2) is 0 Å². The summed E-state index contributed by atoms with van der Waals surface area (Å²) >= 11 is 0. The van der Waals surface area contributed by atoms with Gasteiger partial charge in [0.05, 0.1) is 26.9 Å². The average molecular weight is 383 g/mol. The van der Waals surface area contributed by atoms with Gasteiger partial charge in [0, 0.05) is 37.0 Å². The number of ether oxygens (including phenoxy) is 2. The molecule has 8 heteroatoms. The molecule has 148 valence electrons. The predicted octanol–water partition coefficient (Wildman–Crippen LogP) is 2.43. The van der Waals surface area contributed by atoms with Crippen LogP contribution in [0.4, 0.5) is 17.5 Å². The molecule has 1 saturated heterocycles. The first-order valence-electron chi connectivity index (χ1n) is 9.63. The van der Waals surface area contributed by atoms with E-state index in [4.69, 9.17) is 14.5 Å². The van der Waals surface area contributed by atoms with E-state index in [1.165, 1.54) is 0 Å². The van der Waals surface area contributed by atoms with Crippen LogP contribution in [0.5, 0.6) is 5.75 Å². The summed E-state index contributed by atoms with van der Waals surface area (Å²) in [5.74, 6) is 1.97. The lowest BCUT2D eigenvalue weighted by molar-refractivity contribution is 0.0774. The van der Waals surface area contributed by atoms with Gasteiger partial charge in [-0.05, 0) is 18.6 Å². The largest absolute Gasteiger partial charge is 0.497 e. The van der Waals surface area contributed by atoms with Gasteiger partial charge in [0.25, 0.3) is 5.91 Å². The Hall–Kier alpha value is -2.87. The molecule has 1 aromatic carbocycles. The molecule has 1 fully saturated rings. The second kappa shape index (κ2) is 8.02. The van der Waals surface area contributed by atoms with Crippen LogP contribution < -0.4 is 15.0 Å². The number of benzene rings is 1. The fourth-order valence-corrected chi connectivity index (χ4v) is 3.51. The fourth-order valence-electron chi connectivity index (χ4n) is 3.51. The summed E-state index contributed by atoms with van der Waals surface area (Å²) in [6.45, 7) is 5.99. The van der Waals surface area contributed by atoms with Gasteiger partial charge in [-0.25, -0.2) is 4.98 Å². The van der Waals surface area contributed by atoms with E-state index in [1.54, 1.807) is 7.11 Å². The van der Waals surface area contributed by atoms with Crippen molar-refractivity contribution in [3.63, 3.8) is 0 Å². The van der Waals surface area contributed by atoms with Crippen LogP contribution in [-0.2, 0) is 11.3 Å². The highest BCUT2D eigenvalue weighted by molar-refractivity contribution is 5.98. The highest BCUT2D eigenvalue weighted by atomic mass is 16.5. The third-order valence-corrected chi connectivity index (χ3v) is 4.95. The maximum absolute atomic E-state index is 12.9. The third-order valence-electron chi connectivity index (χ3n) is 4.95. The first kappa shape index (κ1) is 18.5. The molecule has 2 aliphatic rings. The van der Waals surface area contributed by atoms with E-state index < -0.39 is 0 Å². The van der Waals surface area contributed by atoms with Gasteiger partial charge in [-0.3, -0.25) is 4.79 Å². The molecule has 0 bridgehead atoms. The van der Waals surface area contributed by atoms with Gasteiger partial charge in [-0.2, -0.15) is 4.98 Å². The molecule has 0 radical (unpaired) electrons. The minimum Gasteiger partial charge on any atom is -0.497 e. The van der Waals surface area contributed by atoms with Crippen LogP contribution >= 0.6 is 0 Å². The Morgan fingerprint density at radius 1 is 1.25 bits per heavy atom. The molecular formula is C20H25N5O3. The Balaban J connectivity index is 1.72. The minimum absolute atomic E-state index is 0.0255. The van der Waals surface area contributed by atoms with Crippen LogP contribution in [0.2, 0.25) is 0 Å². The molecule has 8 nitrogen and oxygen atoms in total. The van der Waals surface area contributed by atoms with E-state index in [9.17, 15) is 4.79 Å². The van der Waals surface area contributed by atoms with Crippen LogP contribution in [0.3, 0.4) is 0 Å². The number of nitrogens with one attached hydrogen (secondary N) is 1. The first-order valence-corrected chi connectivity index (χ1v) is 9.63. The summed E-state index contributed by atoms with van der Waals surface area (Å²) in [6, 6.07) is 7.66. The molecule has 0 spiro atoms. The van der Waals surface area contributed by atoms with Gasteiger partial charge < -0.3 is 24.6 Å². The Labute approximate surface area is 164 Å². The Bertz CT molecular complexity index is 867. The molecular weight excluding hydrogens is 358 g/mol. The predicted molar refractivity (Wildman–Crippen MR) is 106 cm³/mol. The van der Waals surface area contributed by atoms with Crippen molar-refractivity contribution in [3.8, 4) is 5.75 Å². The summed E-state index contributed by atoms with van der Waals surface area (Å²) in [5, 5.41) is 3.37. The zero-order chi connectivity index (χ0) is 19.5. The van der Waals surface area contributed by atoms with E-state index in [1.807, 2.05) is 29.2 Å². The average Bonchev–Trinajstić information content (AvgIpc) is 3.05. The molecule has 0 atom stereocenters. The van der Waals surface area contributed by atoms with Crippen molar-refractivity contribution in [2.45, 2.75) is 19.9 Å². The van der Waals surface area contributed by atoms with Crippen molar-refractivity contribution in [3.05, 3.63) is 35.5 Å². The van der Waals surface area contributed by atoms with E-state index in [0.717, 1.165) is 23.4 Å². The normalized spacial score (nSPS) is 16.3. The van der Waals surface area contributed by atoms with E-state index in [0.29, 0.717) is 56.9 Å². The van der Waals surface area contributed by atoms with E-state index in [2.05, 4.69) is 22.1 Å². The van der Waals surface area contributed by atoms with Gasteiger partial charge >= 0.3 is 0 Å². The van der Waals surface area contributed by atoms with Crippen molar-refractivity contribution in [2.24, 2.45) is 0 Å². The number of fused-ring (bicyclic) bond motifs is 1. The SMILES string of the molecule is CCCN1Cc2c(Nc3cccc(OC)c3)nc(N3CCOCC3)nc2C1=O. The summed E-state index contributed by atoms with van der Waals surface area (Å²) < 4.78 is 10.7. The zero-order valence-electron chi connectivity index (χ0n) is 16.3. The van der Waals surface area contributed by atoms with Crippen molar-refractivity contribution >= 4 is 23.4 Å². The third kappa shape index (κ3) is 3.60. The summed E-state index contributed by atoms with van der Waals surface area (Å²) in [4.78, 5) is 26.2. The molecule has 2 aromatic rings. The standard InChI is InChI=1S/C20H25N5O3/c1-3-7-25-13-16-17(19(25)26)22-20(24-8-10-28-11-9-24)23-18(16)21-14-5-4-6-15(12-14)27-2/h4-6,12H,3,7-11,13H2,1-2H3,(H,21,22,23). The monoisotopic (exact) mass is 383 g/mol. The molecule has 1 N–H and O–H groups in total. The summed E-state index contributed by atoms with van der Waals surface area (Å²) in [7, 11) is 1.64. The number of anilines is 3. The number of amides is 1. The number of hydrogen-bond acceptors (Lipinski definition) is 7. The van der Waals surface area contributed by atoms with Gasteiger partial charge in [-0.1, -0.05) is 13.0 Å². The van der Waals surface area contributed by atoms with Crippen molar-refractivity contribution in [1.29, 1.82) is 0 Å². The summed E-state index contributed by atoms with van der Waals surface area (Å²) in [6.07, 6.45) is 0.905. The molecule has 1 aromatic heterocycles. The number of hydrogen-bond donors (Lipinski definition) is 1. The molecule has 0 saturated carbocycles. The van der Waals surface area contributed by atoms with Crippen molar-refractivity contribution in [2.75, 3.05) is 50.2 Å². The summed E-state index contributed by atoms with van der Waals surface area (Å²) in [5.41, 5.74) is 2.20. The second-order valence-electron chi connectivity index (χ2n) is 6.88. The maximum Gasteiger partial charge on any atom is 0.273 e. The van der Waals surface area contributed by atoms with Crippen LogP contribution in [0.25, 0.3) is 0 Å². The minimum atomic E-state index is -0.0255. The van der Waals surface area contributed by atoms with Gasteiger partial charge in [0.1, 0.15) is 17.3 Å². The van der Waals surface area contributed by atoms with Crippen molar-refractivity contribution < 1.29 is 14.3 Å². The first-order chi connectivity index (χ1) is 13.7. The van der Waals surface area contributed by atoms with Gasteiger partial charge in [-0.15, -0.1) is 0 Å². The lowest BCUT2D eigenvalue weighted by atomic mass is 10.2. The van der Waals surface area contributed by atoms with Crippen LogP contribution in [0.1, 0.15) is 29.4 Å². The Morgan fingerprint density at radius 2 is 2.07 bits per heavy atom. The number of carbonyl (C=O) groups excluding carboxylic acids is 1. The lowest BCUT2D eigenvalue weighted by Crippen LogP contribution is -2.37. The molecule has 3 heterocycles. The number of carbonyl (C=O) groups is 1. The molecule has 4 rings (SSSR count). The van der Waals surface area contributed by atoms with Crippen LogP contribution in [0.15, 0.2) is 24.3 Å². The molecule has 28 heavy (non-hydrogen) atoms. The van der Waals surface area contributed by atoms with E-state index in [-0.39, 0.29) is 5.91 Å². The highest BCUT2D eigenvalue weighted by Crippen LogP contribution is 2.32. The molecule has 0 unspecified atom stereocenters. The number of aromatic nitrogens is 2. The lowest BCUT2D eigenvalue weighted by Gasteiger charge is -2.27. The molecule has 2 aliphatic heterocycles. The number of rotatable bonds is 6. The Kier molecular flexibility index (Phi) is 5.29. The number of morpholine rings is 1. The zero-order valence-corrected chi connectivity index (χ0v) is 16.3. The topological polar surface area (TPSA) is 79.8 Å². The fraction of sp³-hybridized carbons (Fsp3) is 0.450.